The Hall–Kier alpha value is -3.36. The highest BCUT2D eigenvalue weighted by atomic mass is 19.4. The van der Waals surface area contributed by atoms with Crippen molar-refractivity contribution in [2.45, 2.75) is 19.1 Å². The second-order valence-corrected chi connectivity index (χ2v) is 6.26. The van der Waals surface area contributed by atoms with Gasteiger partial charge in [0, 0.05) is 30.5 Å². The molecular formula is C19H17F3N4O2. The number of pyridine rings is 2. The van der Waals surface area contributed by atoms with E-state index in [1.54, 1.807) is 31.2 Å². The third-order valence-electron chi connectivity index (χ3n) is 4.49. The van der Waals surface area contributed by atoms with Gasteiger partial charge >= 0.3 is 12.2 Å². The lowest BCUT2D eigenvalue weighted by molar-refractivity contribution is -0.141. The van der Waals surface area contributed by atoms with Crippen LogP contribution in [0.4, 0.5) is 23.7 Å². The first kappa shape index (κ1) is 19.4. The number of anilines is 1. The van der Waals surface area contributed by atoms with Gasteiger partial charge < -0.3 is 15.2 Å². The number of nitrogens with zero attached hydrogens (tertiary/aromatic N) is 2. The van der Waals surface area contributed by atoms with Crippen molar-refractivity contribution in [2.75, 3.05) is 12.4 Å². The molecule has 0 unspecified atom stereocenters. The average molecular weight is 390 g/mol. The Kier molecular flexibility index (Phi) is 5.08. The van der Waals surface area contributed by atoms with Gasteiger partial charge in [-0.3, -0.25) is 9.78 Å². The van der Waals surface area contributed by atoms with Gasteiger partial charge in [0.15, 0.2) is 0 Å². The predicted octanol–water partition coefficient (Wildman–Crippen LogP) is 4.17. The normalized spacial score (nSPS) is 12.6. The quantitative estimate of drug-likeness (QED) is 0.705. The first-order chi connectivity index (χ1) is 13.2. The fourth-order valence-corrected chi connectivity index (χ4v) is 2.84. The number of alkyl halides is 3. The van der Waals surface area contributed by atoms with Gasteiger partial charge in [-0.05, 0) is 36.1 Å². The van der Waals surface area contributed by atoms with E-state index in [0.717, 1.165) is 12.3 Å². The van der Waals surface area contributed by atoms with Crippen molar-refractivity contribution in [1.29, 1.82) is 0 Å². The van der Waals surface area contributed by atoms with Gasteiger partial charge in [-0.2, -0.15) is 13.2 Å². The molecule has 1 atom stereocenters. The molecular weight excluding hydrogens is 373 g/mol. The molecule has 1 aromatic carbocycles. The number of amides is 2. The van der Waals surface area contributed by atoms with Gasteiger partial charge in [0.25, 0.3) is 5.56 Å². The number of halogens is 3. The number of nitrogens with one attached hydrogen (secondary N) is 2. The maximum absolute atomic E-state index is 12.8. The number of H-pyrrole nitrogens is 1. The molecule has 0 fully saturated rings. The number of carbonyl (C=O) groups is 1. The van der Waals surface area contributed by atoms with Crippen LogP contribution in [0.25, 0.3) is 10.8 Å². The summed E-state index contributed by atoms with van der Waals surface area (Å²) in [6.45, 7) is 1.76. The summed E-state index contributed by atoms with van der Waals surface area (Å²) in [6, 6.07) is 7.98. The van der Waals surface area contributed by atoms with Crippen LogP contribution in [0.3, 0.4) is 0 Å². The fourth-order valence-electron chi connectivity index (χ4n) is 2.84. The van der Waals surface area contributed by atoms with Gasteiger partial charge in [0.1, 0.15) is 5.69 Å². The van der Waals surface area contributed by atoms with Crippen LogP contribution < -0.4 is 10.9 Å². The maximum atomic E-state index is 12.8. The van der Waals surface area contributed by atoms with E-state index in [-0.39, 0.29) is 11.2 Å². The van der Waals surface area contributed by atoms with E-state index in [2.05, 4.69) is 15.3 Å². The summed E-state index contributed by atoms with van der Waals surface area (Å²) >= 11 is 0. The molecule has 6 nitrogen and oxygen atoms in total. The Morgan fingerprint density at radius 1 is 1.21 bits per heavy atom. The summed E-state index contributed by atoms with van der Waals surface area (Å²) in [7, 11) is 1.52. The second-order valence-electron chi connectivity index (χ2n) is 6.26. The Morgan fingerprint density at radius 3 is 2.57 bits per heavy atom. The van der Waals surface area contributed by atoms with Gasteiger partial charge in [-0.25, -0.2) is 4.79 Å². The average Bonchev–Trinajstić information content (AvgIpc) is 2.67. The first-order valence-corrected chi connectivity index (χ1v) is 8.36. The zero-order chi connectivity index (χ0) is 20.5. The van der Waals surface area contributed by atoms with Gasteiger partial charge in [0.05, 0.1) is 6.04 Å². The van der Waals surface area contributed by atoms with Crippen molar-refractivity contribution in [3.63, 3.8) is 0 Å². The van der Waals surface area contributed by atoms with Crippen LogP contribution in [0.5, 0.6) is 0 Å². The van der Waals surface area contributed by atoms with Crippen molar-refractivity contribution in [1.82, 2.24) is 14.9 Å². The minimum Gasteiger partial charge on any atom is -0.328 e. The lowest BCUT2D eigenvalue weighted by Crippen LogP contribution is -2.34. The fraction of sp³-hybridized carbons (Fsp3) is 0.211. The molecule has 2 aromatic heterocycles. The van der Waals surface area contributed by atoms with Crippen LogP contribution in [-0.2, 0) is 6.18 Å². The molecule has 0 saturated heterocycles. The van der Waals surface area contributed by atoms with E-state index in [1.165, 1.54) is 24.2 Å². The molecule has 28 heavy (non-hydrogen) atoms. The summed E-state index contributed by atoms with van der Waals surface area (Å²) in [5.41, 5.74) is -0.640. The first-order valence-electron chi connectivity index (χ1n) is 8.36. The standard InChI is InChI=1S/C19H17F3N4O2/c1-11(15-10-24-17(27)14-6-4-3-5-13(14)15)26(2)18(28)25-12-7-8-23-16(9-12)19(20,21)22/h3-11H,1-2H3,(H,24,27)(H,23,25,28)/t11-/m0/s1. The molecule has 0 aliphatic carbocycles. The van der Waals surface area contributed by atoms with Crippen LogP contribution in [0.2, 0.25) is 0 Å². The molecule has 9 heteroatoms. The van der Waals surface area contributed by atoms with Gasteiger partial charge in [-0.15, -0.1) is 0 Å². The number of hydrogen-bond donors (Lipinski definition) is 2. The van der Waals surface area contributed by atoms with Crippen LogP contribution in [-0.4, -0.2) is 27.9 Å². The van der Waals surface area contributed by atoms with Crippen LogP contribution in [0.1, 0.15) is 24.2 Å². The molecule has 0 aliphatic rings. The predicted molar refractivity (Wildman–Crippen MR) is 99.0 cm³/mol. The maximum Gasteiger partial charge on any atom is 0.433 e. The number of urea groups is 1. The number of benzene rings is 1. The largest absolute Gasteiger partial charge is 0.433 e. The molecule has 146 valence electrons. The Labute approximate surface area is 158 Å². The topological polar surface area (TPSA) is 78.1 Å². The van der Waals surface area contributed by atoms with Crippen molar-refractivity contribution < 1.29 is 18.0 Å². The number of hydrogen-bond acceptors (Lipinski definition) is 3. The molecule has 0 spiro atoms. The molecule has 0 saturated carbocycles. The van der Waals surface area contributed by atoms with Crippen LogP contribution in [0.15, 0.2) is 53.6 Å². The highest BCUT2D eigenvalue weighted by Gasteiger charge is 2.32. The van der Waals surface area contributed by atoms with E-state index in [1.807, 2.05) is 0 Å². The number of aromatic nitrogens is 2. The van der Waals surface area contributed by atoms with Crippen molar-refractivity contribution >= 4 is 22.5 Å². The monoisotopic (exact) mass is 390 g/mol. The summed E-state index contributed by atoms with van der Waals surface area (Å²) < 4.78 is 38.3. The number of aromatic amines is 1. The van der Waals surface area contributed by atoms with E-state index >= 15 is 0 Å². The van der Waals surface area contributed by atoms with E-state index in [9.17, 15) is 22.8 Å². The van der Waals surface area contributed by atoms with E-state index in [0.29, 0.717) is 16.3 Å². The summed E-state index contributed by atoms with van der Waals surface area (Å²) in [5, 5.41) is 3.63. The van der Waals surface area contributed by atoms with Gasteiger partial charge in [-0.1, -0.05) is 18.2 Å². The second kappa shape index (κ2) is 7.34. The van der Waals surface area contributed by atoms with E-state index in [4.69, 9.17) is 0 Å². The lowest BCUT2D eigenvalue weighted by Gasteiger charge is -2.26. The van der Waals surface area contributed by atoms with Crippen LogP contribution >= 0.6 is 0 Å². The zero-order valence-corrected chi connectivity index (χ0v) is 15.0. The lowest BCUT2D eigenvalue weighted by atomic mass is 10.0. The molecule has 0 bridgehead atoms. The number of carbonyl (C=O) groups excluding carboxylic acids is 1. The minimum atomic E-state index is -4.60. The molecule has 2 amide bonds. The minimum absolute atomic E-state index is 0.0160. The summed E-state index contributed by atoms with van der Waals surface area (Å²) in [6.07, 6.45) is -2.08. The molecule has 0 radical (unpaired) electrons. The van der Waals surface area contributed by atoms with Crippen molar-refractivity contribution in [2.24, 2.45) is 0 Å². The van der Waals surface area contributed by atoms with Crippen molar-refractivity contribution in [3.8, 4) is 0 Å². The number of rotatable bonds is 3. The molecule has 3 rings (SSSR count). The summed E-state index contributed by atoms with van der Waals surface area (Å²) in [4.78, 5) is 31.7. The SMILES string of the molecule is C[C@@H](c1c[nH]c(=O)c2ccccc12)N(C)C(=O)Nc1ccnc(C(F)(F)F)c1. The zero-order valence-electron chi connectivity index (χ0n) is 15.0. The Morgan fingerprint density at radius 2 is 1.89 bits per heavy atom. The highest BCUT2D eigenvalue weighted by molar-refractivity contribution is 5.90. The highest BCUT2D eigenvalue weighted by Crippen LogP contribution is 2.29. The van der Waals surface area contributed by atoms with Crippen molar-refractivity contribution in [3.05, 3.63) is 70.4 Å². The Balaban J connectivity index is 1.85. The Bertz CT molecular complexity index is 1080. The van der Waals surface area contributed by atoms with E-state index < -0.39 is 23.9 Å². The third kappa shape index (κ3) is 3.83. The third-order valence-corrected chi connectivity index (χ3v) is 4.49. The molecule has 2 heterocycles. The van der Waals surface area contributed by atoms with Crippen LogP contribution in [0, 0.1) is 0 Å². The molecule has 3 aromatic rings. The number of fused-ring (bicyclic) bond motifs is 1. The smallest absolute Gasteiger partial charge is 0.328 e. The summed E-state index contributed by atoms with van der Waals surface area (Å²) in [5.74, 6) is 0. The molecule has 2 N–H and O–H groups in total. The molecule has 0 aliphatic heterocycles. The van der Waals surface area contributed by atoms with Gasteiger partial charge in [0.2, 0.25) is 0 Å².